The van der Waals surface area contributed by atoms with Crippen LogP contribution in [0.3, 0.4) is 0 Å². The summed E-state index contributed by atoms with van der Waals surface area (Å²) >= 11 is 6.02. The molecule has 98 valence electrons. The third kappa shape index (κ3) is 2.68. The Labute approximate surface area is 113 Å². The number of halogens is 1. The molecule has 0 saturated carbocycles. The van der Waals surface area contributed by atoms with Gasteiger partial charge in [0.15, 0.2) is 0 Å². The normalized spacial score (nSPS) is 24.1. The Balaban J connectivity index is 2.30. The number of hydrogen-bond acceptors (Lipinski definition) is 2. The van der Waals surface area contributed by atoms with E-state index in [4.69, 9.17) is 17.3 Å². The van der Waals surface area contributed by atoms with Crippen LogP contribution in [-0.4, -0.2) is 23.4 Å². The van der Waals surface area contributed by atoms with E-state index in [-0.39, 0.29) is 18.0 Å². The highest BCUT2D eigenvalue weighted by molar-refractivity contribution is 6.30. The molecule has 2 rings (SSSR count). The van der Waals surface area contributed by atoms with Gasteiger partial charge in [-0.2, -0.15) is 0 Å². The van der Waals surface area contributed by atoms with E-state index in [9.17, 15) is 4.79 Å². The van der Waals surface area contributed by atoms with Crippen LogP contribution in [0.4, 0.5) is 0 Å². The number of nitrogens with zero attached hydrogens (tertiary/aromatic N) is 1. The van der Waals surface area contributed by atoms with Gasteiger partial charge in [-0.15, -0.1) is 0 Å². The predicted octanol–water partition coefficient (Wildman–Crippen LogP) is 2.60. The Bertz CT molecular complexity index is 447. The Hall–Kier alpha value is -1.06. The molecule has 1 amide bonds. The first-order chi connectivity index (χ1) is 8.49. The van der Waals surface area contributed by atoms with Gasteiger partial charge < -0.3 is 10.6 Å². The van der Waals surface area contributed by atoms with Crippen LogP contribution in [-0.2, 0) is 4.79 Å². The van der Waals surface area contributed by atoms with Crippen LogP contribution >= 0.6 is 11.6 Å². The molecule has 0 spiro atoms. The molecule has 0 radical (unpaired) electrons. The molecule has 1 fully saturated rings. The van der Waals surface area contributed by atoms with E-state index in [2.05, 4.69) is 13.8 Å². The number of nitrogens with two attached hydrogens (primary N) is 1. The van der Waals surface area contributed by atoms with Gasteiger partial charge in [0, 0.05) is 24.0 Å². The zero-order chi connectivity index (χ0) is 13.3. The second-order valence-corrected chi connectivity index (χ2v) is 5.74. The van der Waals surface area contributed by atoms with Crippen LogP contribution in [0.5, 0.6) is 0 Å². The number of amides is 1. The van der Waals surface area contributed by atoms with E-state index >= 15 is 0 Å². The number of benzene rings is 1. The fourth-order valence-electron chi connectivity index (χ4n) is 2.54. The summed E-state index contributed by atoms with van der Waals surface area (Å²) in [5.74, 6) is 0.571. The van der Waals surface area contributed by atoms with Gasteiger partial charge in [0.05, 0.1) is 6.04 Å². The first kappa shape index (κ1) is 13.4. The third-order valence-electron chi connectivity index (χ3n) is 3.22. The van der Waals surface area contributed by atoms with Crippen molar-refractivity contribution in [1.82, 2.24) is 4.90 Å². The van der Waals surface area contributed by atoms with Crippen molar-refractivity contribution in [2.24, 2.45) is 11.7 Å². The van der Waals surface area contributed by atoms with Crippen molar-refractivity contribution in [2.45, 2.75) is 32.4 Å². The minimum Gasteiger partial charge on any atom is -0.334 e. The van der Waals surface area contributed by atoms with E-state index in [1.54, 1.807) is 0 Å². The Kier molecular flexibility index (Phi) is 3.93. The average Bonchev–Trinajstić information content (AvgIpc) is 2.53. The Morgan fingerprint density at radius 3 is 2.83 bits per heavy atom. The monoisotopic (exact) mass is 266 g/mol. The lowest BCUT2D eigenvalue weighted by Gasteiger charge is -2.28. The summed E-state index contributed by atoms with van der Waals surface area (Å²) in [4.78, 5) is 13.9. The maximum Gasteiger partial charge on any atom is 0.224 e. The lowest BCUT2D eigenvalue weighted by molar-refractivity contribution is -0.129. The molecule has 18 heavy (non-hydrogen) atoms. The molecule has 3 nitrogen and oxygen atoms in total. The van der Waals surface area contributed by atoms with E-state index < -0.39 is 0 Å². The number of likely N-dealkylation sites (tertiary alicyclic amines) is 1. The zero-order valence-corrected chi connectivity index (χ0v) is 11.5. The van der Waals surface area contributed by atoms with Crippen molar-refractivity contribution < 1.29 is 4.79 Å². The molecular weight excluding hydrogens is 248 g/mol. The van der Waals surface area contributed by atoms with E-state index in [1.165, 1.54) is 0 Å². The molecule has 0 aliphatic carbocycles. The van der Waals surface area contributed by atoms with Crippen LogP contribution in [0.1, 0.15) is 31.9 Å². The zero-order valence-electron chi connectivity index (χ0n) is 10.8. The lowest BCUT2D eigenvalue weighted by Crippen LogP contribution is -2.35. The fraction of sp³-hybridized carbons (Fsp3) is 0.500. The molecule has 1 aromatic rings. The molecule has 1 saturated heterocycles. The Morgan fingerprint density at radius 1 is 1.50 bits per heavy atom. The van der Waals surface area contributed by atoms with E-state index in [1.807, 2.05) is 29.2 Å². The predicted molar refractivity (Wildman–Crippen MR) is 73.3 cm³/mol. The fourth-order valence-corrected chi connectivity index (χ4v) is 2.74. The van der Waals surface area contributed by atoms with Crippen molar-refractivity contribution in [1.29, 1.82) is 0 Å². The average molecular weight is 267 g/mol. The molecular formula is C14H19ClN2O. The Morgan fingerprint density at radius 2 is 2.22 bits per heavy atom. The molecule has 1 heterocycles. The third-order valence-corrected chi connectivity index (χ3v) is 3.46. The van der Waals surface area contributed by atoms with Crippen LogP contribution in [0.2, 0.25) is 5.02 Å². The summed E-state index contributed by atoms with van der Waals surface area (Å²) in [5.41, 5.74) is 7.14. The van der Waals surface area contributed by atoms with E-state index in [0.29, 0.717) is 17.4 Å². The first-order valence-electron chi connectivity index (χ1n) is 6.29. The van der Waals surface area contributed by atoms with Crippen LogP contribution in [0.15, 0.2) is 24.3 Å². The van der Waals surface area contributed by atoms with Crippen molar-refractivity contribution >= 4 is 17.5 Å². The molecule has 2 N–H and O–H groups in total. The molecule has 0 bridgehead atoms. The van der Waals surface area contributed by atoms with Crippen molar-refractivity contribution in [3.05, 3.63) is 34.9 Å². The summed E-state index contributed by atoms with van der Waals surface area (Å²) in [6.45, 7) is 4.95. The largest absolute Gasteiger partial charge is 0.334 e. The number of carbonyl (C=O) groups excluding carboxylic acids is 1. The topological polar surface area (TPSA) is 46.3 Å². The minimum atomic E-state index is -0.144. The summed E-state index contributed by atoms with van der Waals surface area (Å²) in [5, 5.41) is 0.684. The van der Waals surface area contributed by atoms with Crippen molar-refractivity contribution in [2.75, 3.05) is 6.54 Å². The maximum atomic E-state index is 12.0. The quantitative estimate of drug-likeness (QED) is 0.914. The van der Waals surface area contributed by atoms with Gasteiger partial charge >= 0.3 is 0 Å². The van der Waals surface area contributed by atoms with Crippen LogP contribution in [0, 0.1) is 5.92 Å². The van der Waals surface area contributed by atoms with Gasteiger partial charge in [0.2, 0.25) is 5.91 Å². The summed E-state index contributed by atoms with van der Waals surface area (Å²) in [7, 11) is 0. The molecule has 1 aliphatic heterocycles. The van der Waals surface area contributed by atoms with Gasteiger partial charge in [-0.05, 0) is 23.6 Å². The number of rotatable bonds is 3. The van der Waals surface area contributed by atoms with Gasteiger partial charge in [0.25, 0.3) is 0 Å². The van der Waals surface area contributed by atoms with Crippen molar-refractivity contribution in [3.8, 4) is 0 Å². The van der Waals surface area contributed by atoms with Crippen molar-refractivity contribution in [3.63, 3.8) is 0 Å². The summed E-state index contributed by atoms with van der Waals surface area (Å²) in [6.07, 6.45) is 0.421. The van der Waals surface area contributed by atoms with Crippen LogP contribution in [0.25, 0.3) is 0 Å². The van der Waals surface area contributed by atoms with Gasteiger partial charge in [-0.3, -0.25) is 4.79 Å². The highest BCUT2D eigenvalue weighted by Crippen LogP contribution is 2.33. The minimum absolute atomic E-state index is 0.0430. The van der Waals surface area contributed by atoms with Gasteiger partial charge in [-0.25, -0.2) is 0 Å². The number of carbonyl (C=O) groups is 1. The smallest absolute Gasteiger partial charge is 0.224 e. The molecule has 0 aromatic heterocycles. The summed E-state index contributed by atoms with van der Waals surface area (Å²) < 4.78 is 0. The van der Waals surface area contributed by atoms with Gasteiger partial charge in [0.1, 0.15) is 0 Å². The molecule has 4 heteroatoms. The maximum absolute atomic E-state index is 12.0. The molecule has 2 atom stereocenters. The SMILES string of the molecule is CC(C)CN1C(=O)CC(N)C1c1cccc(Cl)c1. The first-order valence-corrected chi connectivity index (χ1v) is 6.67. The lowest BCUT2D eigenvalue weighted by atomic mass is 10.0. The van der Waals surface area contributed by atoms with E-state index in [0.717, 1.165) is 12.1 Å². The molecule has 1 aliphatic rings. The highest BCUT2D eigenvalue weighted by Gasteiger charge is 2.38. The van der Waals surface area contributed by atoms with Crippen LogP contribution < -0.4 is 5.73 Å². The molecule has 2 unspecified atom stereocenters. The summed E-state index contributed by atoms with van der Waals surface area (Å²) in [6, 6.07) is 7.44. The molecule has 1 aromatic carbocycles. The van der Waals surface area contributed by atoms with Gasteiger partial charge in [-0.1, -0.05) is 37.6 Å². The second-order valence-electron chi connectivity index (χ2n) is 5.31. The standard InChI is InChI=1S/C14H19ClN2O/c1-9(2)8-17-13(18)7-12(16)14(17)10-4-3-5-11(15)6-10/h3-6,9,12,14H,7-8,16H2,1-2H3. The number of hydrogen-bond donors (Lipinski definition) is 1. The highest BCUT2D eigenvalue weighted by atomic mass is 35.5. The second kappa shape index (κ2) is 5.29.